The van der Waals surface area contributed by atoms with Gasteiger partial charge >= 0.3 is 52.5 Å². The number of carboxylic acids is 1. The molecule has 2 nitrogen and oxygen atoms in total. The van der Waals surface area contributed by atoms with E-state index < -0.39 is 5.97 Å². The molecule has 0 N–H and O–H groups in total. The second-order valence-electron chi connectivity index (χ2n) is 3.80. The Hall–Kier alpha value is 0.00247. The molecule has 0 saturated carbocycles. The fourth-order valence-corrected chi connectivity index (χ4v) is 2.51. The molecule has 0 saturated heterocycles. The first-order chi connectivity index (χ1) is 5.90. The molecule has 0 radical (unpaired) electrons. The molecule has 0 rings (SSSR count). The normalized spacial score (nSPS) is 9.15. The number of rotatable bonds is 4. The Morgan fingerprint density at radius 2 is 1.62 bits per heavy atom. The van der Waals surface area contributed by atoms with Crippen LogP contribution in [0, 0.1) is 0 Å². The predicted molar refractivity (Wildman–Crippen MR) is 55.9 cm³/mol. The molecule has 0 unspecified atom stereocenters. The summed E-state index contributed by atoms with van der Waals surface area (Å²) in [5.41, 5.74) is 0. The van der Waals surface area contributed by atoms with E-state index in [0.29, 0.717) is 21.6 Å². The van der Waals surface area contributed by atoms with Crippen molar-refractivity contribution in [3.8, 4) is 0 Å². The van der Waals surface area contributed by atoms with Gasteiger partial charge < -0.3 is 9.90 Å². The summed E-state index contributed by atoms with van der Waals surface area (Å²) in [6.45, 7) is 11.0. The van der Waals surface area contributed by atoms with E-state index in [1.165, 1.54) is 0 Å². The fourth-order valence-electron chi connectivity index (χ4n) is 0.974. The third-order valence-corrected chi connectivity index (χ3v) is 2.76. The van der Waals surface area contributed by atoms with E-state index in [9.17, 15) is 9.90 Å². The summed E-state index contributed by atoms with van der Waals surface area (Å²) in [6.07, 6.45) is 0.850. The fraction of sp³-hybridized carbons (Fsp3) is 0.900. The van der Waals surface area contributed by atoms with Gasteiger partial charge in [0, 0.05) is 5.97 Å². The van der Waals surface area contributed by atoms with Crippen LogP contribution in [0.25, 0.3) is 0 Å². The van der Waals surface area contributed by atoms with Crippen molar-refractivity contribution in [2.75, 3.05) is 0 Å². The number of carbonyl (C=O) groups excluding carboxylic acids is 1. The Morgan fingerprint density at radius 3 is 1.62 bits per heavy atom. The van der Waals surface area contributed by atoms with E-state index in [-0.39, 0.29) is 6.42 Å². The first kappa shape index (κ1) is 15.5. The third-order valence-electron chi connectivity index (χ3n) is 1.22. The molecule has 0 fully saturated rings. The first-order valence-corrected chi connectivity index (χ1v) is 6.28. The molecule has 3 heteroatoms. The van der Waals surface area contributed by atoms with Gasteiger partial charge in [0.15, 0.2) is 0 Å². The van der Waals surface area contributed by atoms with Gasteiger partial charge in [-0.15, -0.1) is 0 Å². The van der Waals surface area contributed by atoms with Crippen molar-refractivity contribution in [1.82, 2.24) is 0 Å². The summed E-state index contributed by atoms with van der Waals surface area (Å²) < 4.78 is 1.92. The molecule has 0 aromatic rings. The molecular formula is C10H21AlO2. The van der Waals surface area contributed by atoms with Gasteiger partial charge in [-0.05, 0) is 6.42 Å². The molecule has 0 aromatic heterocycles. The molecule has 0 atom stereocenters. The number of hydrogen-bond donors (Lipinski definition) is 0. The van der Waals surface area contributed by atoms with E-state index in [2.05, 4.69) is 27.7 Å². The quantitative estimate of drug-likeness (QED) is 0.650. The van der Waals surface area contributed by atoms with E-state index in [4.69, 9.17) is 0 Å². The summed E-state index contributed by atoms with van der Waals surface area (Å²) >= 11 is 0.713. The Balaban J connectivity index is 0. The number of aliphatic carboxylic acids is 1. The van der Waals surface area contributed by atoms with Crippen LogP contribution in [0.3, 0.4) is 0 Å². The molecule has 13 heavy (non-hydrogen) atoms. The van der Waals surface area contributed by atoms with Crippen molar-refractivity contribution in [2.45, 2.75) is 57.0 Å². The second-order valence-corrected chi connectivity index (χ2v) is 6.85. The Labute approximate surface area is 88.4 Å². The Morgan fingerprint density at radius 1 is 1.23 bits per heavy atom. The summed E-state index contributed by atoms with van der Waals surface area (Å²) in [5.74, 6) is -0.961. The minimum absolute atomic E-state index is 0.181. The van der Waals surface area contributed by atoms with Crippen molar-refractivity contribution in [1.29, 1.82) is 0 Å². The van der Waals surface area contributed by atoms with Gasteiger partial charge in [-0.3, -0.25) is 0 Å². The molecular weight excluding hydrogens is 179 g/mol. The van der Waals surface area contributed by atoms with E-state index in [1.54, 1.807) is 6.92 Å². The first-order valence-electron chi connectivity index (χ1n) is 4.94. The summed E-state index contributed by atoms with van der Waals surface area (Å²) in [4.78, 5) is 9.49. The standard InChI is InChI=1S/C4H8O2.2C3H7.Al/c1-2-3-4(5)6;2*1-3-2;/h2-3H2,1H3,(H,5,6);2*3H,1-2H3;/q;;;+1/p-1. The zero-order valence-electron chi connectivity index (χ0n) is 9.46. The topological polar surface area (TPSA) is 40.1 Å². The summed E-state index contributed by atoms with van der Waals surface area (Å²) in [5, 5.41) is 9.49. The molecule has 0 aromatic carbocycles. The van der Waals surface area contributed by atoms with Crippen LogP contribution in [0.2, 0.25) is 9.56 Å². The van der Waals surface area contributed by atoms with Crippen molar-refractivity contribution >= 4 is 21.2 Å². The molecule has 0 aliphatic rings. The molecule has 76 valence electrons. The average Bonchev–Trinajstić information content (AvgIpc) is 1.83. The molecule has 0 spiro atoms. The van der Waals surface area contributed by atoms with Crippen LogP contribution in [0.4, 0.5) is 0 Å². The Bertz CT molecular complexity index is 116. The Kier molecular flexibility index (Phi) is 12.0. The predicted octanol–water partition coefficient (Wildman–Crippen LogP) is 1.88. The van der Waals surface area contributed by atoms with Crippen molar-refractivity contribution in [3.63, 3.8) is 0 Å². The van der Waals surface area contributed by atoms with Gasteiger partial charge in [-0.2, -0.15) is 0 Å². The van der Waals surface area contributed by atoms with E-state index in [0.717, 1.165) is 9.56 Å². The van der Waals surface area contributed by atoms with Crippen LogP contribution in [-0.4, -0.2) is 21.2 Å². The van der Waals surface area contributed by atoms with E-state index in [1.807, 2.05) is 0 Å². The minimum atomic E-state index is -0.961. The number of carboxylic acid groups (broad SMARTS) is 1. The molecule has 0 bridgehead atoms. The van der Waals surface area contributed by atoms with E-state index >= 15 is 0 Å². The van der Waals surface area contributed by atoms with Crippen LogP contribution in [-0.2, 0) is 4.79 Å². The van der Waals surface area contributed by atoms with Crippen LogP contribution < -0.4 is 5.11 Å². The van der Waals surface area contributed by atoms with Gasteiger partial charge in [-0.1, -0.05) is 13.3 Å². The van der Waals surface area contributed by atoms with Crippen LogP contribution in [0.5, 0.6) is 0 Å². The summed E-state index contributed by atoms with van der Waals surface area (Å²) in [7, 11) is 0. The van der Waals surface area contributed by atoms with Crippen molar-refractivity contribution in [3.05, 3.63) is 0 Å². The zero-order valence-corrected chi connectivity index (χ0v) is 10.6. The maximum absolute atomic E-state index is 9.49. The maximum atomic E-state index is 9.49. The van der Waals surface area contributed by atoms with Crippen LogP contribution in [0.1, 0.15) is 47.5 Å². The van der Waals surface area contributed by atoms with Crippen LogP contribution in [0.15, 0.2) is 0 Å². The third kappa shape index (κ3) is 24.5. The van der Waals surface area contributed by atoms with Gasteiger partial charge in [0.25, 0.3) is 0 Å². The number of carbonyl (C=O) groups is 1. The molecule has 0 heterocycles. The molecule has 0 amide bonds. The zero-order chi connectivity index (χ0) is 10.9. The van der Waals surface area contributed by atoms with Crippen LogP contribution >= 0.6 is 0 Å². The second kappa shape index (κ2) is 10.1. The van der Waals surface area contributed by atoms with Crippen molar-refractivity contribution in [2.24, 2.45) is 0 Å². The SMILES string of the molecule is CCCC(=O)[O-].C[CH](C)[Al+][CH](C)C. The molecule has 0 aliphatic carbocycles. The summed E-state index contributed by atoms with van der Waals surface area (Å²) in [6, 6.07) is 0. The number of hydrogen-bond acceptors (Lipinski definition) is 2. The monoisotopic (exact) mass is 200 g/mol. The van der Waals surface area contributed by atoms with Gasteiger partial charge in [0.2, 0.25) is 0 Å². The van der Waals surface area contributed by atoms with Gasteiger partial charge in [0.05, 0.1) is 0 Å². The molecule has 0 aliphatic heterocycles. The average molecular weight is 200 g/mol. The van der Waals surface area contributed by atoms with Gasteiger partial charge in [-0.25, -0.2) is 0 Å². The van der Waals surface area contributed by atoms with Crippen molar-refractivity contribution < 1.29 is 9.90 Å². The van der Waals surface area contributed by atoms with Gasteiger partial charge in [0.1, 0.15) is 0 Å².